The number of fused-ring (bicyclic) bond motifs is 1. The van der Waals surface area contributed by atoms with Crippen molar-refractivity contribution in [2.75, 3.05) is 5.32 Å². The average Bonchev–Trinajstić information content (AvgIpc) is 2.99. The molecule has 1 aromatic carbocycles. The van der Waals surface area contributed by atoms with E-state index in [-0.39, 0.29) is 22.2 Å². The molecule has 10 heteroatoms. The maximum atomic E-state index is 12.8. The molecule has 0 aliphatic rings. The molecule has 3 rings (SSSR count). The van der Waals surface area contributed by atoms with Crippen LogP contribution in [0.15, 0.2) is 36.4 Å². The van der Waals surface area contributed by atoms with Gasteiger partial charge >= 0.3 is 6.18 Å². The van der Waals surface area contributed by atoms with Crippen LogP contribution in [0.3, 0.4) is 0 Å². The van der Waals surface area contributed by atoms with Crippen molar-refractivity contribution in [1.29, 1.82) is 0 Å². The molecule has 0 saturated carbocycles. The lowest BCUT2D eigenvalue weighted by atomic mass is 9.97. The summed E-state index contributed by atoms with van der Waals surface area (Å²) in [6.45, 7) is 3.23. The lowest BCUT2D eigenvalue weighted by Gasteiger charge is -2.17. The number of rotatable bonds is 3. The first-order valence-electron chi connectivity index (χ1n) is 7.73. The van der Waals surface area contributed by atoms with E-state index in [1.54, 1.807) is 26.0 Å². The number of nitrogens with zero attached hydrogens (tertiary/aromatic N) is 3. The molecule has 0 spiro atoms. The third kappa shape index (κ3) is 4.04. The Balaban J connectivity index is 1.86. The second-order valence-corrected chi connectivity index (χ2v) is 6.74. The summed E-state index contributed by atoms with van der Waals surface area (Å²) < 4.78 is 39.1. The number of carbonyl (C=O) groups is 1. The highest BCUT2D eigenvalue weighted by atomic mass is 35.5. The molecule has 0 fully saturated rings. The smallest absolute Gasteiger partial charge is 0.386 e. The van der Waals surface area contributed by atoms with Crippen LogP contribution in [0.25, 0.3) is 5.65 Å². The molecule has 0 radical (unpaired) electrons. The first kappa shape index (κ1) is 19.1. The van der Waals surface area contributed by atoms with Crippen molar-refractivity contribution in [1.82, 2.24) is 14.6 Å². The summed E-state index contributed by atoms with van der Waals surface area (Å²) in [6.07, 6.45) is -4.64. The van der Waals surface area contributed by atoms with Gasteiger partial charge in [-0.1, -0.05) is 23.7 Å². The van der Waals surface area contributed by atoms with Gasteiger partial charge in [0.2, 0.25) is 0 Å². The van der Waals surface area contributed by atoms with Gasteiger partial charge in [-0.3, -0.25) is 4.79 Å². The van der Waals surface area contributed by atoms with Crippen LogP contribution in [0.1, 0.15) is 35.5 Å². The fourth-order valence-electron chi connectivity index (χ4n) is 2.36. The molecule has 0 saturated heterocycles. The van der Waals surface area contributed by atoms with Gasteiger partial charge in [0.25, 0.3) is 5.91 Å². The van der Waals surface area contributed by atoms with Gasteiger partial charge in [0, 0.05) is 17.7 Å². The van der Waals surface area contributed by atoms with Gasteiger partial charge < -0.3 is 10.4 Å². The Morgan fingerprint density at radius 2 is 1.81 bits per heavy atom. The van der Waals surface area contributed by atoms with E-state index in [9.17, 15) is 23.1 Å². The highest BCUT2D eigenvalue weighted by Gasteiger charge is 2.34. The van der Waals surface area contributed by atoms with E-state index < -0.39 is 23.4 Å². The Morgan fingerprint density at radius 3 is 2.37 bits per heavy atom. The quantitative estimate of drug-likeness (QED) is 0.656. The van der Waals surface area contributed by atoms with E-state index in [1.807, 2.05) is 0 Å². The molecular weight excluding hydrogens is 385 g/mol. The minimum atomic E-state index is -4.64. The summed E-state index contributed by atoms with van der Waals surface area (Å²) >= 11 is 5.94. The van der Waals surface area contributed by atoms with Crippen LogP contribution in [-0.2, 0) is 11.8 Å². The highest BCUT2D eigenvalue weighted by Crippen LogP contribution is 2.30. The molecule has 3 aromatic rings. The van der Waals surface area contributed by atoms with Gasteiger partial charge in [-0.2, -0.15) is 18.3 Å². The van der Waals surface area contributed by atoms with Crippen molar-refractivity contribution < 1.29 is 23.1 Å². The predicted molar refractivity (Wildman–Crippen MR) is 92.6 cm³/mol. The van der Waals surface area contributed by atoms with Gasteiger partial charge in [-0.05, 0) is 31.5 Å². The number of hydrogen-bond acceptors (Lipinski definition) is 4. The summed E-state index contributed by atoms with van der Waals surface area (Å²) in [5.41, 5.74) is -1.43. The largest absolute Gasteiger partial charge is 0.435 e. The van der Waals surface area contributed by atoms with Crippen LogP contribution >= 0.6 is 11.6 Å². The molecule has 0 unspecified atom stereocenters. The second kappa shape index (κ2) is 6.50. The minimum Gasteiger partial charge on any atom is -0.386 e. The molecule has 1 amide bonds. The average molecular weight is 399 g/mol. The molecule has 0 atom stereocenters. The minimum absolute atomic E-state index is 0.0160. The highest BCUT2D eigenvalue weighted by molar-refractivity contribution is 6.30. The maximum absolute atomic E-state index is 12.8. The maximum Gasteiger partial charge on any atom is 0.435 e. The molecule has 2 N–H and O–H groups in total. The first-order valence-corrected chi connectivity index (χ1v) is 8.11. The molecule has 0 aliphatic heterocycles. The molecule has 6 nitrogen and oxygen atoms in total. The Kier molecular flexibility index (Phi) is 4.61. The van der Waals surface area contributed by atoms with Crippen LogP contribution < -0.4 is 5.32 Å². The molecule has 2 aromatic heterocycles. The summed E-state index contributed by atoms with van der Waals surface area (Å²) in [6, 6.07) is 8.17. The third-order valence-electron chi connectivity index (χ3n) is 3.77. The van der Waals surface area contributed by atoms with Crippen molar-refractivity contribution in [2.45, 2.75) is 25.6 Å². The van der Waals surface area contributed by atoms with Gasteiger partial charge in [0.1, 0.15) is 11.0 Å². The number of aromatic nitrogens is 3. The number of aliphatic hydroxyl groups is 1. The zero-order valence-electron chi connectivity index (χ0n) is 14.2. The fourth-order valence-corrected chi connectivity index (χ4v) is 2.59. The fraction of sp³-hybridized carbons (Fsp3) is 0.235. The Labute approximate surface area is 156 Å². The lowest BCUT2D eigenvalue weighted by Crippen LogP contribution is -2.17. The Morgan fingerprint density at radius 1 is 1.19 bits per heavy atom. The van der Waals surface area contributed by atoms with Gasteiger partial charge in [0.15, 0.2) is 11.3 Å². The topological polar surface area (TPSA) is 79.5 Å². The van der Waals surface area contributed by atoms with Crippen LogP contribution in [0.5, 0.6) is 0 Å². The number of carbonyl (C=O) groups excluding carboxylic acids is 1. The van der Waals surface area contributed by atoms with Crippen molar-refractivity contribution >= 4 is 29.0 Å². The number of nitrogens with one attached hydrogen (secondary N) is 1. The Hall–Kier alpha value is -2.65. The first-order chi connectivity index (χ1) is 12.4. The molecule has 0 aliphatic carbocycles. The molecule has 27 heavy (non-hydrogen) atoms. The number of hydrogen-bond donors (Lipinski definition) is 2. The van der Waals surface area contributed by atoms with Crippen molar-refractivity contribution in [3.63, 3.8) is 0 Å². The SMILES string of the molecule is CC(C)(O)c1ccc(C(=O)Nc2cc(Cl)n3nc(C(F)(F)F)cc3n2)cc1. The van der Waals surface area contributed by atoms with Crippen LogP contribution in [0, 0.1) is 0 Å². The van der Waals surface area contributed by atoms with Gasteiger partial charge in [-0.15, -0.1) is 0 Å². The van der Waals surface area contributed by atoms with E-state index in [0.717, 1.165) is 10.6 Å². The number of anilines is 1. The molecule has 2 heterocycles. The Bertz CT molecular complexity index is 1010. The van der Waals surface area contributed by atoms with E-state index >= 15 is 0 Å². The lowest BCUT2D eigenvalue weighted by molar-refractivity contribution is -0.141. The molecule has 0 bridgehead atoms. The monoisotopic (exact) mass is 398 g/mol. The van der Waals surface area contributed by atoms with Gasteiger partial charge in [0.05, 0.1) is 5.60 Å². The summed E-state index contributed by atoms with van der Waals surface area (Å²) in [7, 11) is 0. The second-order valence-electron chi connectivity index (χ2n) is 6.35. The molecule has 142 valence electrons. The normalized spacial score (nSPS) is 12.4. The summed E-state index contributed by atoms with van der Waals surface area (Å²) in [4.78, 5) is 16.3. The third-order valence-corrected chi connectivity index (χ3v) is 4.04. The van der Waals surface area contributed by atoms with Crippen molar-refractivity contribution in [3.8, 4) is 0 Å². The number of halogens is 4. The predicted octanol–water partition coefficient (Wildman–Crippen LogP) is 3.88. The summed E-state index contributed by atoms with van der Waals surface area (Å²) in [5, 5.41) is 15.6. The van der Waals surface area contributed by atoms with E-state index in [4.69, 9.17) is 11.6 Å². The van der Waals surface area contributed by atoms with E-state index in [0.29, 0.717) is 5.56 Å². The number of alkyl halides is 3. The van der Waals surface area contributed by atoms with Crippen molar-refractivity contribution in [2.24, 2.45) is 0 Å². The zero-order valence-corrected chi connectivity index (χ0v) is 14.9. The molecular formula is C17H14ClF3N4O2. The number of benzene rings is 1. The standard InChI is InChI=1S/C17H14ClF3N4O2/c1-16(2,27)10-5-3-9(4-6-10)15(26)23-13-8-12(18)25-14(22-13)7-11(24-25)17(19,20)21/h3-8,27H,1-2H3,(H,22,23,26). The van der Waals surface area contributed by atoms with Crippen molar-refractivity contribution in [3.05, 3.63) is 58.4 Å². The van der Waals surface area contributed by atoms with Crippen LogP contribution in [0.4, 0.5) is 19.0 Å². The van der Waals surface area contributed by atoms with Crippen LogP contribution in [-0.4, -0.2) is 25.6 Å². The van der Waals surface area contributed by atoms with E-state index in [1.165, 1.54) is 18.2 Å². The van der Waals surface area contributed by atoms with E-state index in [2.05, 4.69) is 15.4 Å². The summed E-state index contributed by atoms with van der Waals surface area (Å²) in [5.74, 6) is -0.543. The zero-order chi connectivity index (χ0) is 20.0. The number of amides is 1. The van der Waals surface area contributed by atoms with Crippen LogP contribution in [0.2, 0.25) is 5.15 Å². The van der Waals surface area contributed by atoms with Gasteiger partial charge in [-0.25, -0.2) is 9.50 Å².